The van der Waals surface area contributed by atoms with Gasteiger partial charge in [-0.25, -0.2) is 0 Å². The van der Waals surface area contributed by atoms with Crippen LogP contribution >= 0.6 is 23.2 Å². The van der Waals surface area contributed by atoms with E-state index < -0.39 is 0 Å². The maximum atomic E-state index is 5.97. The van der Waals surface area contributed by atoms with Gasteiger partial charge in [-0.3, -0.25) is 0 Å². The molecule has 0 aromatic heterocycles. The largest absolute Gasteiger partial charge is 0.374 e. The van der Waals surface area contributed by atoms with Crippen LogP contribution in [0.2, 0.25) is 5.02 Å². The van der Waals surface area contributed by atoms with Gasteiger partial charge in [-0.2, -0.15) is 0 Å². The number of hydrogen-bond acceptors (Lipinski definition) is 1. The molecule has 1 fully saturated rings. The van der Waals surface area contributed by atoms with E-state index in [-0.39, 0.29) is 0 Å². The fourth-order valence-corrected chi connectivity index (χ4v) is 2.60. The molecule has 88 valence electrons. The Morgan fingerprint density at radius 2 is 2.12 bits per heavy atom. The molecule has 1 aromatic carbocycles. The van der Waals surface area contributed by atoms with Crippen LogP contribution in [0.25, 0.3) is 0 Å². The second kappa shape index (κ2) is 5.29. The highest BCUT2D eigenvalue weighted by Gasteiger charge is 2.20. The standard InChI is InChI=1S/C13H17Cl2N/c1-16(9-10-3-2-4-10)13-6-5-12(15)7-11(13)8-14/h5-7,10H,2-4,8-9H2,1H3. The molecule has 0 heterocycles. The van der Waals surface area contributed by atoms with Crippen LogP contribution < -0.4 is 4.90 Å². The number of benzene rings is 1. The van der Waals surface area contributed by atoms with E-state index in [0.717, 1.165) is 23.0 Å². The number of alkyl halides is 1. The number of nitrogens with zero attached hydrogens (tertiary/aromatic N) is 1. The van der Waals surface area contributed by atoms with Crippen molar-refractivity contribution >= 4 is 28.9 Å². The van der Waals surface area contributed by atoms with Crippen LogP contribution in [0.1, 0.15) is 24.8 Å². The van der Waals surface area contributed by atoms with E-state index in [9.17, 15) is 0 Å². The lowest BCUT2D eigenvalue weighted by molar-refractivity contribution is 0.321. The fraction of sp³-hybridized carbons (Fsp3) is 0.538. The summed E-state index contributed by atoms with van der Waals surface area (Å²) in [5, 5.41) is 0.761. The van der Waals surface area contributed by atoms with Crippen LogP contribution in [0, 0.1) is 5.92 Å². The Bertz CT molecular complexity index is 361. The van der Waals surface area contributed by atoms with E-state index in [1.165, 1.54) is 24.9 Å². The summed E-state index contributed by atoms with van der Waals surface area (Å²) in [5.74, 6) is 1.38. The van der Waals surface area contributed by atoms with Crippen molar-refractivity contribution in [1.29, 1.82) is 0 Å². The third-order valence-electron chi connectivity index (χ3n) is 3.35. The first kappa shape index (κ1) is 12.1. The molecule has 0 saturated heterocycles. The normalized spacial score (nSPS) is 15.9. The van der Waals surface area contributed by atoms with Gasteiger partial charge in [0.15, 0.2) is 0 Å². The average Bonchev–Trinajstić information content (AvgIpc) is 2.23. The second-order valence-electron chi connectivity index (χ2n) is 4.58. The maximum Gasteiger partial charge on any atom is 0.0495 e. The lowest BCUT2D eigenvalue weighted by Gasteiger charge is -2.32. The summed E-state index contributed by atoms with van der Waals surface area (Å²) in [6.45, 7) is 1.13. The second-order valence-corrected chi connectivity index (χ2v) is 5.29. The van der Waals surface area contributed by atoms with Gasteiger partial charge < -0.3 is 4.90 Å². The first-order chi connectivity index (χ1) is 7.70. The van der Waals surface area contributed by atoms with Gasteiger partial charge in [0.2, 0.25) is 0 Å². The molecular weight excluding hydrogens is 241 g/mol. The van der Waals surface area contributed by atoms with E-state index in [4.69, 9.17) is 23.2 Å². The zero-order valence-corrected chi connectivity index (χ0v) is 11.1. The van der Waals surface area contributed by atoms with E-state index in [1.807, 2.05) is 12.1 Å². The van der Waals surface area contributed by atoms with Crippen molar-refractivity contribution in [1.82, 2.24) is 0 Å². The Morgan fingerprint density at radius 1 is 1.38 bits per heavy atom. The number of halogens is 2. The summed E-state index contributed by atoms with van der Waals surface area (Å²) in [6, 6.07) is 5.96. The Morgan fingerprint density at radius 3 is 2.69 bits per heavy atom. The van der Waals surface area contributed by atoms with Gasteiger partial charge in [-0.15, -0.1) is 11.6 Å². The average molecular weight is 258 g/mol. The van der Waals surface area contributed by atoms with E-state index >= 15 is 0 Å². The summed E-state index contributed by atoms with van der Waals surface area (Å²) >= 11 is 11.9. The highest BCUT2D eigenvalue weighted by molar-refractivity contribution is 6.30. The van der Waals surface area contributed by atoms with Gasteiger partial charge in [0.1, 0.15) is 0 Å². The molecule has 1 nitrogen and oxygen atoms in total. The van der Waals surface area contributed by atoms with Gasteiger partial charge >= 0.3 is 0 Å². The lowest BCUT2D eigenvalue weighted by atomic mass is 9.85. The maximum absolute atomic E-state index is 5.97. The molecule has 0 radical (unpaired) electrons. The van der Waals surface area contributed by atoms with Crippen molar-refractivity contribution in [2.75, 3.05) is 18.5 Å². The number of rotatable bonds is 4. The summed E-state index contributed by atoms with van der Waals surface area (Å²) < 4.78 is 0. The van der Waals surface area contributed by atoms with Crippen LogP contribution in [0.5, 0.6) is 0 Å². The van der Waals surface area contributed by atoms with Gasteiger partial charge in [-0.05, 0) is 42.5 Å². The first-order valence-electron chi connectivity index (χ1n) is 5.76. The van der Waals surface area contributed by atoms with Crippen LogP contribution in [0.4, 0.5) is 5.69 Å². The highest BCUT2D eigenvalue weighted by Crippen LogP contribution is 2.30. The van der Waals surface area contributed by atoms with Crippen molar-refractivity contribution in [2.45, 2.75) is 25.1 Å². The van der Waals surface area contributed by atoms with Crippen molar-refractivity contribution in [3.8, 4) is 0 Å². The van der Waals surface area contributed by atoms with Gasteiger partial charge in [0.25, 0.3) is 0 Å². The Labute approximate surface area is 107 Å². The number of anilines is 1. The molecule has 3 heteroatoms. The SMILES string of the molecule is CN(CC1CCC1)c1ccc(Cl)cc1CCl. The third-order valence-corrected chi connectivity index (χ3v) is 3.88. The minimum absolute atomic E-state index is 0.519. The number of hydrogen-bond donors (Lipinski definition) is 0. The zero-order chi connectivity index (χ0) is 11.5. The minimum atomic E-state index is 0.519. The zero-order valence-electron chi connectivity index (χ0n) is 9.55. The van der Waals surface area contributed by atoms with E-state index in [0.29, 0.717) is 5.88 Å². The fourth-order valence-electron chi connectivity index (χ4n) is 2.19. The van der Waals surface area contributed by atoms with E-state index in [1.54, 1.807) is 0 Å². The summed E-state index contributed by atoms with van der Waals surface area (Å²) in [5.41, 5.74) is 2.34. The van der Waals surface area contributed by atoms with Gasteiger partial charge in [0, 0.05) is 30.2 Å². The van der Waals surface area contributed by atoms with Crippen molar-refractivity contribution in [3.63, 3.8) is 0 Å². The molecule has 0 bridgehead atoms. The molecule has 0 aliphatic heterocycles. The third kappa shape index (κ3) is 2.64. The molecule has 0 N–H and O–H groups in total. The minimum Gasteiger partial charge on any atom is -0.374 e. The van der Waals surface area contributed by atoms with Crippen LogP contribution in [0.3, 0.4) is 0 Å². The van der Waals surface area contributed by atoms with Gasteiger partial charge in [0.05, 0.1) is 0 Å². The quantitative estimate of drug-likeness (QED) is 0.727. The Hall–Kier alpha value is -0.400. The van der Waals surface area contributed by atoms with E-state index in [2.05, 4.69) is 18.0 Å². The van der Waals surface area contributed by atoms with Gasteiger partial charge in [-0.1, -0.05) is 18.0 Å². The summed E-state index contributed by atoms with van der Waals surface area (Å²) in [7, 11) is 2.14. The molecule has 0 atom stereocenters. The van der Waals surface area contributed by atoms with Crippen LogP contribution in [-0.2, 0) is 5.88 Å². The monoisotopic (exact) mass is 257 g/mol. The smallest absolute Gasteiger partial charge is 0.0495 e. The summed E-state index contributed by atoms with van der Waals surface area (Å²) in [4.78, 5) is 2.30. The molecule has 0 unspecified atom stereocenters. The van der Waals surface area contributed by atoms with Crippen molar-refractivity contribution < 1.29 is 0 Å². The van der Waals surface area contributed by atoms with Crippen molar-refractivity contribution in [2.24, 2.45) is 5.92 Å². The lowest BCUT2D eigenvalue weighted by Crippen LogP contribution is -2.29. The molecule has 2 rings (SSSR count). The molecule has 0 amide bonds. The predicted molar refractivity (Wildman–Crippen MR) is 71.6 cm³/mol. The molecule has 1 aliphatic carbocycles. The molecule has 1 aliphatic rings. The van der Waals surface area contributed by atoms with Crippen molar-refractivity contribution in [3.05, 3.63) is 28.8 Å². The molecule has 16 heavy (non-hydrogen) atoms. The molecule has 0 spiro atoms. The Balaban J connectivity index is 2.11. The molecule has 1 saturated carbocycles. The molecular formula is C13H17Cl2N. The molecule has 1 aromatic rings. The first-order valence-corrected chi connectivity index (χ1v) is 6.67. The predicted octanol–water partition coefficient (Wildman–Crippen LogP) is 4.32. The summed E-state index contributed by atoms with van der Waals surface area (Å²) in [6.07, 6.45) is 4.13. The Kier molecular flexibility index (Phi) is 3.99. The highest BCUT2D eigenvalue weighted by atomic mass is 35.5. The topological polar surface area (TPSA) is 3.24 Å². The van der Waals surface area contributed by atoms with Crippen LogP contribution in [0.15, 0.2) is 18.2 Å². The van der Waals surface area contributed by atoms with Crippen LogP contribution in [-0.4, -0.2) is 13.6 Å².